The van der Waals surface area contributed by atoms with Gasteiger partial charge in [-0.3, -0.25) is 14.4 Å². The Bertz CT molecular complexity index is 651. The lowest BCUT2D eigenvalue weighted by atomic mass is 10.0. The second kappa shape index (κ2) is 9.02. The van der Waals surface area contributed by atoms with Crippen molar-refractivity contribution in [1.82, 2.24) is 20.0 Å². The molecule has 1 aliphatic heterocycles. The third-order valence-electron chi connectivity index (χ3n) is 4.71. The molecule has 2 aromatic rings. The summed E-state index contributed by atoms with van der Waals surface area (Å²) < 4.78 is 1.78. The molecule has 1 aromatic heterocycles. The van der Waals surface area contributed by atoms with E-state index in [4.69, 9.17) is 11.6 Å². The average molecular weight is 361 g/mol. The van der Waals surface area contributed by atoms with Crippen molar-refractivity contribution < 1.29 is 4.79 Å². The first-order chi connectivity index (χ1) is 12.2. The maximum atomic E-state index is 12.2. The molecule has 3 rings (SSSR count). The molecule has 0 bridgehead atoms. The van der Waals surface area contributed by atoms with Crippen LogP contribution in [-0.2, 0) is 11.3 Å². The normalized spacial score (nSPS) is 16.5. The highest BCUT2D eigenvalue weighted by Gasteiger charge is 2.22. The van der Waals surface area contributed by atoms with Crippen LogP contribution in [-0.4, -0.2) is 40.2 Å². The van der Waals surface area contributed by atoms with E-state index in [9.17, 15) is 4.79 Å². The van der Waals surface area contributed by atoms with Crippen LogP contribution in [0.25, 0.3) is 0 Å². The van der Waals surface area contributed by atoms with Crippen LogP contribution in [0.1, 0.15) is 37.3 Å². The number of amides is 1. The Labute approximate surface area is 154 Å². The predicted octanol–water partition coefficient (Wildman–Crippen LogP) is 3.27. The number of nitrogens with one attached hydrogen (secondary N) is 1. The van der Waals surface area contributed by atoms with Gasteiger partial charge in [0.25, 0.3) is 0 Å². The van der Waals surface area contributed by atoms with Crippen LogP contribution in [0.4, 0.5) is 0 Å². The molecule has 1 atom stereocenters. The minimum absolute atomic E-state index is 0.0615. The molecule has 0 aliphatic carbocycles. The van der Waals surface area contributed by atoms with E-state index in [1.165, 1.54) is 24.8 Å². The topological polar surface area (TPSA) is 50.2 Å². The molecule has 6 heteroatoms. The molecule has 1 saturated heterocycles. The van der Waals surface area contributed by atoms with Crippen molar-refractivity contribution >= 4 is 17.5 Å². The van der Waals surface area contributed by atoms with Crippen LogP contribution in [0.3, 0.4) is 0 Å². The Balaban J connectivity index is 1.58. The van der Waals surface area contributed by atoms with Crippen LogP contribution in [0.2, 0.25) is 5.02 Å². The van der Waals surface area contributed by atoms with Gasteiger partial charge in [-0.1, -0.05) is 30.2 Å². The Morgan fingerprint density at radius 1 is 1.20 bits per heavy atom. The van der Waals surface area contributed by atoms with Crippen LogP contribution >= 0.6 is 11.6 Å². The van der Waals surface area contributed by atoms with E-state index < -0.39 is 0 Å². The van der Waals surface area contributed by atoms with Gasteiger partial charge in [0.05, 0.1) is 6.04 Å². The molecule has 2 heterocycles. The number of halogens is 1. The Morgan fingerprint density at radius 2 is 1.96 bits per heavy atom. The summed E-state index contributed by atoms with van der Waals surface area (Å²) in [4.78, 5) is 14.7. The maximum absolute atomic E-state index is 12.2. The number of hydrogen-bond acceptors (Lipinski definition) is 3. The van der Waals surface area contributed by atoms with Crippen LogP contribution in [0.15, 0.2) is 42.7 Å². The van der Waals surface area contributed by atoms with Gasteiger partial charge in [0.1, 0.15) is 0 Å². The quantitative estimate of drug-likeness (QED) is 0.824. The lowest BCUT2D eigenvalue weighted by molar-refractivity contribution is -0.121. The first-order valence-electron chi connectivity index (χ1n) is 8.96. The number of hydrogen-bond donors (Lipinski definition) is 1. The molecule has 1 N–H and O–H groups in total. The van der Waals surface area contributed by atoms with Crippen LogP contribution in [0.5, 0.6) is 0 Å². The number of nitrogens with zero attached hydrogens (tertiary/aromatic N) is 3. The van der Waals surface area contributed by atoms with Gasteiger partial charge in [0.15, 0.2) is 0 Å². The molecule has 134 valence electrons. The number of benzene rings is 1. The van der Waals surface area contributed by atoms with Crippen molar-refractivity contribution in [3.8, 4) is 0 Å². The summed E-state index contributed by atoms with van der Waals surface area (Å²) in [6.07, 6.45) is 7.77. The van der Waals surface area contributed by atoms with Crippen molar-refractivity contribution in [1.29, 1.82) is 0 Å². The first-order valence-corrected chi connectivity index (χ1v) is 9.34. The first kappa shape index (κ1) is 18.0. The van der Waals surface area contributed by atoms with Crippen molar-refractivity contribution in [2.24, 2.45) is 0 Å². The lowest BCUT2D eigenvalue weighted by Gasteiger charge is -2.35. The number of likely N-dealkylation sites (tertiary alicyclic amines) is 1. The summed E-state index contributed by atoms with van der Waals surface area (Å²) >= 11 is 6.03. The third kappa shape index (κ3) is 5.31. The van der Waals surface area contributed by atoms with Gasteiger partial charge >= 0.3 is 0 Å². The molecule has 0 saturated carbocycles. The van der Waals surface area contributed by atoms with Crippen LogP contribution in [0, 0.1) is 0 Å². The fraction of sp³-hybridized carbons (Fsp3) is 0.474. The zero-order chi connectivity index (χ0) is 17.5. The number of carbonyl (C=O) groups excluding carboxylic acids is 1. The monoisotopic (exact) mass is 360 g/mol. The molecular weight excluding hydrogens is 336 g/mol. The van der Waals surface area contributed by atoms with Gasteiger partial charge in [-0.05, 0) is 49.7 Å². The van der Waals surface area contributed by atoms with Gasteiger partial charge in [0, 0.05) is 36.9 Å². The largest absolute Gasteiger partial charge is 0.354 e. The number of carbonyl (C=O) groups is 1. The van der Waals surface area contributed by atoms with Gasteiger partial charge < -0.3 is 5.32 Å². The maximum Gasteiger partial charge on any atom is 0.221 e. The average Bonchev–Trinajstić information content (AvgIpc) is 3.16. The van der Waals surface area contributed by atoms with Crippen molar-refractivity contribution in [3.05, 3.63) is 53.3 Å². The molecule has 5 nitrogen and oxygen atoms in total. The van der Waals surface area contributed by atoms with Crippen molar-refractivity contribution in [3.63, 3.8) is 0 Å². The predicted molar refractivity (Wildman–Crippen MR) is 99.5 cm³/mol. The summed E-state index contributed by atoms with van der Waals surface area (Å²) in [6, 6.07) is 10.0. The summed E-state index contributed by atoms with van der Waals surface area (Å²) in [6.45, 7) is 3.39. The Morgan fingerprint density at radius 3 is 2.64 bits per heavy atom. The minimum Gasteiger partial charge on any atom is -0.354 e. The molecular formula is C19H25ClN4O. The molecule has 1 amide bonds. The highest BCUT2D eigenvalue weighted by Crippen LogP contribution is 2.25. The fourth-order valence-electron chi connectivity index (χ4n) is 3.32. The van der Waals surface area contributed by atoms with Crippen molar-refractivity contribution in [2.45, 2.75) is 38.3 Å². The third-order valence-corrected chi connectivity index (χ3v) is 4.96. The summed E-state index contributed by atoms with van der Waals surface area (Å²) in [5, 5.41) is 7.97. The molecule has 0 radical (unpaired) electrons. The molecule has 1 aromatic carbocycles. The van der Waals surface area contributed by atoms with E-state index in [1.807, 2.05) is 24.4 Å². The summed E-state index contributed by atoms with van der Waals surface area (Å²) in [7, 11) is 0. The molecule has 1 aliphatic rings. The Kier molecular flexibility index (Phi) is 6.48. The summed E-state index contributed by atoms with van der Waals surface area (Å²) in [5.74, 6) is 0.0615. The van der Waals surface area contributed by atoms with Gasteiger partial charge in [0.2, 0.25) is 5.91 Å². The number of rotatable bonds is 7. The second-order valence-corrected chi connectivity index (χ2v) is 6.92. The fourth-order valence-corrected chi connectivity index (χ4v) is 3.45. The van der Waals surface area contributed by atoms with E-state index in [-0.39, 0.29) is 11.9 Å². The Hall–Kier alpha value is -1.85. The van der Waals surface area contributed by atoms with Crippen LogP contribution < -0.4 is 5.32 Å². The SMILES string of the molecule is O=C(CCn1cccn1)NC[C@@H](c1ccc(Cl)cc1)N1CCCCC1. The molecule has 0 unspecified atom stereocenters. The van der Waals surface area contributed by atoms with Gasteiger partial charge in [-0.15, -0.1) is 0 Å². The van der Waals surface area contributed by atoms with Gasteiger partial charge in [-0.2, -0.15) is 5.10 Å². The zero-order valence-corrected chi connectivity index (χ0v) is 15.2. The smallest absolute Gasteiger partial charge is 0.221 e. The highest BCUT2D eigenvalue weighted by atomic mass is 35.5. The van der Waals surface area contributed by atoms with E-state index in [0.717, 1.165) is 18.1 Å². The summed E-state index contributed by atoms with van der Waals surface area (Å²) in [5.41, 5.74) is 1.21. The van der Waals surface area contributed by atoms with E-state index in [1.54, 1.807) is 10.9 Å². The van der Waals surface area contributed by atoms with E-state index >= 15 is 0 Å². The molecule has 25 heavy (non-hydrogen) atoms. The standard InChI is InChI=1S/C19H25ClN4O/c20-17-7-5-16(6-8-17)18(23-11-2-1-3-12-23)15-21-19(25)9-14-24-13-4-10-22-24/h4-8,10,13,18H,1-3,9,11-12,14-15H2,(H,21,25)/t18-/m0/s1. The number of piperidine rings is 1. The zero-order valence-electron chi connectivity index (χ0n) is 14.4. The lowest BCUT2D eigenvalue weighted by Crippen LogP contribution is -2.40. The second-order valence-electron chi connectivity index (χ2n) is 6.49. The molecule has 1 fully saturated rings. The van der Waals surface area contributed by atoms with E-state index in [0.29, 0.717) is 19.5 Å². The van der Waals surface area contributed by atoms with Gasteiger partial charge in [-0.25, -0.2) is 0 Å². The molecule has 0 spiro atoms. The van der Waals surface area contributed by atoms with E-state index in [2.05, 4.69) is 27.4 Å². The highest BCUT2D eigenvalue weighted by molar-refractivity contribution is 6.30. The van der Waals surface area contributed by atoms with Crippen molar-refractivity contribution in [2.75, 3.05) is 19.6 Å². The minimum atomic E-state index is 0.0615. The number of aromatic nitrogens is 2. The number of aryl methyl sites for hydroxylation is 1.